The van der Waals surface area contributed by atoms with Gasteiger partial charge in [0.2, 0.25) is 0 Å². The number of anilines is 1. The van der Waals surface area contributed by atoms with Gasteiger partial charge in [-0.3, -0.25) is 0 Å². The predicted molar refractivity (Wildman–Crippen MR) is 104 cm³/mol. The van der Waals surface area contributed by atoms with Crippen molar-refractivity contribution in [2.45, 2.75) is 27.0 Å². The van der Waals surface area contributed by atoms with Crippen LogP contribution in [-0.2, 0) is 6.54 Å². The van der Waals surface area contributed by atoms with Gasteiger partial charge in [0.15, 0.2) is 16.6 Å². The number of thiocarbonyl (C=S) groups is 1. The Morgan fingerprint density at radius 3 is 2.54 bits per heavy atom. The molecule has 0 aliphatic carbocycles. The topological polar surface area (TPSA) is 42.5 Å². The minimum atomic E-state index is -2.91. The Hall–Kier alpha value is -2.12. The van der Waals surface area contributed by atoms with Gasteiger partial charge in [0.05, 0.1) is 17.8 Å². The molecule has 140 valence electrons. The molecule has 0 fully saturated rings. The molecule has 26 heavy (non-hydrogen) atoms. The van der Waals surface area contributed by atoms with Crippen LogP contribution in [0.2, 0.25) is 5.02 Å². The fourth-order valence-electron chi connectivity index (χ4n) is 2.43. The van der Waals surface area contributed by atoms with Gasteiger partial charge in [-0.25, -0.2) is 0 Å². The Bertz CT molecular complexity index is 780. The summed E-state index contributed by atoms with van der Waals surface area (Å²) in [6.07, 6.45) is 0. The minimum absolute atomic E-state index is 0.0194. The molecule has 2 aromatic rings. The van der Waals surface area contributed by atoms with Crippen LogP contribution in [0.25, 0.3) is 0 Å². The molecule has 0 aliphatic heterocycles. The van der Waals surface area contributed by atoms with Gasteiger partial charge in [0.1, 0.15) is 0 Å². The maximum absolute atomic E-state index is 12.4. The summed E-state index contributed by atoms with van der Waals surface area (Å²) < 4.78 is 34.2. The van der Waals surface area contributed by atoms with E-state index in [1.54, 1.807) is 12.1 Å². The second kappa shape index (κ2) is 9.00. The van der Waals surface area contributed by atoms with Gasteiger partial charge in [0.25, 0.3) is 0 Å². The molecule has 0 radical (unpaired) electrons. The van der Waals surface area contributed by atoms with Gasteiger partial charge >= 0.3 is 6.61 Å². The van der Waals surface area contributed by atoms with Gasteiger partial charge in [-0.2, -0.15) is 8.78 Å². The molecule has 0 aliphatic rings. The number of ether oxygens (including phenoxy) is 2. The molecule has 0 spiro atoms. The van der Waals surface area contributed by atoms with E-state index in [1.807, 2.05) is 26.0 Å². The summed E-state index contributed by atoms with van der Waals surface area (Å²) in [6, 6.07) is 8.55. The van der Waals surface area contributed by atoms with E-state index in [0.717, 1.165) is 22.4 Å². The van der Waals surface area contributed by atoms with E-state index in [0.29, 0.717) is 16.7 Å². The lowest BCUT2D eigenvalue weighted by Gasteiger charge is -2.15. The lowest BCUT2D eigenvalue weighted by atomic mass is 10.1. The molecule has 2 N–H and O–H groups in total. The maximum Gasteiger partial charge on any atom is 0.387 e. The number of halogens is 3. The minimum Gasteiger partial charge on any atom is -0.493 e. The van der Waals surface area contributed by atoms with Gasteiger partial charge in [-0.05, 0) is 61.0 Å². The van der Waals surface area contributed by atoms with Crippen LogP contribution >= 0.6 is 23.8 Å². The Kier molecular flexibility index (Phi) is 6.99. The van der Waals surface area contributed by atoms with Crippen LogP contribution < -0.4 is 20.1 Å². The molecule has 2 aromatic carbocycles. The largest absolute Gasteiger partial charge is 0.493 e. The summed E-state index contributed by atoms with van der Waals surface area (Å²) in [5.74, 6) is 0.204. The molecule has 4 nitrogen and oxygen atoms in total. The second-order valence-corrected chi connectivity index (χ2v) is 6.43. The molecular formula is C18H19ClF2N2O2S. The fourth-order valence-corrected chi connectivity index (χ4v) is 2.97. The van der Waals surface area contributed by atoms with Crippen LogP contribution in [0.4, 0.5) is 14.5 Å². The van der Waals surface area contributed by atoms with Crippen molar-refractivity contribution in [1.29, 1.82) is 0 Å². The summed E-state index contributed by atoms with van der Waals surface area (Å²) in [5, 5.41) is 7.10. The first kappa shape index (κ1) is 20.2. The zero-order chi connectivity index (χ0) is 19.3. The molecule has 2 rings (SSSR count). The first-order valence-corrected chi connectivity index (χ1v) is 8.52. The zero-order valence-electron chi connectivity index (χ0n) is 14.5. The average Bonchev–Trinajstić information content (AvgIpc) is 2.56. The number of benzene rings is 2. The van der Waals surface area contributed by atoms with E-state index in [1.165, 1.54) is 13.2 Å². The van der Waals surface area contributed by atoms with Crippen LogP contribution in [0.15, 0.2) is 30.3 Å². The van der Waals surface area contributed by atoms with E-state index in [2.05, 4.69) is 15.4 Å². The van der Waals surface area contributed by atoms with Crippen molar-refractivity contribution < 1.29 is 18.3 Å². The highest BCUT2D eigenvalue weighted by molar-refractivity contribution is 7.80. The molecular weight excluding hydrogens is 382 g/mol. The highest BCUT2D eigenvalue weighted by Gasteiger charge is 2.12. The average molecular weight is 401 g/mol. The Balaban J connectivity index is 2.01. The highest BCUT2D eigenvalue weighted by Crippen LogP contribution is 2.30. The van der Waals surface area contributed by atoms with Crippen LogP contribution in [0.1, 0.15) is 16.7 Å². The van der Waals surface area contributed by atoms with Crippen LogP contribution in [0.3, 0.4) is 0 Å². The lowest BCUT2D eigenvalue weighted by Crippen LogP contribution is -2.28. The van der Waals surface area contributed by atoms with Crippen LogP contribution in [-0.4, -0.2) is 18.8 Å². The van der Waals surface area contributed by atoms with E-state index in [4.69, 9.17) is 28.6 Å². The van der Waals surface area contributed by atoms with Crippen molar-refractivity contribution >= 4 is 34.6 Å². The molecule has 0 heterocycles. The number of alkyl halides is 2. The van der Waals surface area contributed by atoms with E-state index >= 15 is 0 Å². The molecule has 0 amide bonds. The monoisotopic (exact) mass is 400 g/mol. The summed E-state index contributed by atoms with van der Waals surface area (Å²) in [7, 11) is 1.39. The third-order valence-corrected chi connectivity index (χ3v) is 4.11. The second-order valence-electron chi connectivity index (χ2n) is 5.61. The van der Waals surface area contributed by atoms with Gasteiger partial charge in [0, 0.05) is 6.54 Å². The Labute approximate surface area is 161 Å². The normalized spacial score (nSPS) is 10.6. The van der Waals surface area contributed by atoms with E-state index in [9.17, 15) is 8.78 Å². The summed E-state index contributed by atoms with van der Waals surface area (Å²) in [4.78, 5) is 0. The first-order chi connectivity index (χ1) is 12.3. The molecule has 8 heteroatoms. The smallest absolute Gasteiger partial charge is 0.387 e. The van der Waals surface area contributed by atoms with E-state index < -0.39 is 6.61 Å². The third-order valence-electron chi connectivity index (χ3n) is 3.57. The van der Waals surface area contributed by atoms with Crippen molar-refractivity contribution in [3.05, 3.63) is 52.0 Å². The number of methoxy groups -OCH3 is 1. The summed E-state index contributed by atoms with van der Waals surface area (Å²) in [6.45, 7) is 1.37. The van der Waals surface area contributed by atoms with Crippen molar-refractivity contribution in [3.8, 4) is 11.5 Å². The quantitative estimate of drug-likeness (QED) is 0.664. The lowest BCUT2D eigenvalue weighted by molar-refractivity contribution is -0.0512. The van der Waals surface area contributed by atoms with E-state index in [-0.39, 0.29) is 11.5 Å². The van der Waals surface area contributed by atoms with Crippen molar-refractivity contribution in [2.24, 2.45) is 0 Å². The maximum atomic E-state index is 12.4. The number of hydrogen-bond donors (Lipinski definition) is 2. The van der Waals surface area contributed by atoms with Crippen LogP contribution in [0, 0.1) is 13.8 Å². The Morgan fingerprint density at radius 1 is 1.19 bits per heavy atom. The van der Waals surface area contributed by atoms with Crippen molar-refractivity contribution in [3.63, 3.8) is 0 Å². The van der Waals surface area contributed by atoms with Gasteiger partial charge in [-0.15, -0.1) is 0 Å². The SMILES string of the molecule is COc1cc(CNC(=S)Nc2c(C)cc(C)cc2Cl)ccc1OC(F)F. The third kappa shape index (κ3) is 5.44. The first-order valence-electron chi connectivity index (χ1n) is 7.73. The molecule has 0 saturated carbocycles. The van der Waals surface area contributed by atoms with Crippen molar-refractivity contribution in [1.82, 2.24) is 5.32 Å². The molecule has 0 atom stereocenters. The van der Waals surface area contributed by atoms with Crippen LogP contribution in [0.5, 0.6) is 11.5 Å². The molecule has 0 saturated heterocycles. The number of nitrogens with one attached hydrogen (secondary N) is 2. The van der Waals surface area contributed by atoms with Gasteiger partial charge in [-0.1, -0.05) is 23.7 Å². The Morgan fingerprint density at radius 2 is 1.92 bits per heavy atom. The standard InChI is InChI=1S/C18H19ClF2N2O2S/c1-10-6-11(2)16(13(19)7-10)23-18(26)22-9-12-4-5-14(25-17(20)21)15(8-12)24-3/h4-8,17H,9H2,1-3H3,(H2,22,23,26). The molecule has 0 bridgehead atoms. The number of rotatable bonds is 6. The zero-order valence-corrected chi connectivity index (χ0v) is 16.1. The molecule has 0 unspecified atom stereocenters. The fraction of sp³-hybridized carbons (Fsp3) is 0.278. The van der Waals surface area contributed by atoms with Crippen molar-refractivity contribution in [2.75, 3.05) is 12.4 Å². The number of hydrogen-bond acceptors (Lipinski definition) is 3. The highest BCUT2D eigenvalue weighted by atomic mass is 35.5. The molecule has 0 aromatic heterocycles. The number of aryl methyl sites for hydroxylation is 2. The predicted octanol–water partition coefficient (Wildman–Crippen LogP) is 5.05. The summed E-state index contributed by atoms with van der Waals surface area (Å²) >= 11 is 11.5. The summed E-state index contributed by atoms with van der Waals surface area (Å²) in [5.41, 5.74) is 3.58. The van der Waals surface area contributed by atoms with Gasteiger partial charge < -0.3 is 20.1 Å².